The Labute approximate surface area is 94.2 Å². The molecule has 2 N–H and O–H groups in total. The molecule has 2 nitrogen and oxygen atoms in total. The lowest BCUT2D eigenvalue weighted by molar-refractivity contribution is 0.348. The molecule has 1 saturated carbocycles. The first-order chi connectivity index (χ1) is 7.18. The Bertz CT molecular complexity index is 203. The van der Waals surface area contributed by atoms with Crippen LogP contribution in [0, 0.1) is 5.41 Å². The highest BCUT2D eigenvalue weighted by molar-refractivity contribution is 4.96. The summed E-state index contributed by atoms with van der Waals surface area (Å²) >= 11 is 0. The molecule has 0 amide bonds. The predicted molar refractivity (Wildman–Crippen MR) is 65.1 cm³/mol. The van der Waals surface area contributed by atoms with Crippen LogP contribution >= 0.6 is 0 Å². The van der Waals surface area contributed by atoms with Gasteiger partial charge in [-0.05, 0) is 51.0 Å². The lowest BCUT2D eigenvalue weighted by atomic mass is 9.98. The largest absolute Gasteiger partial charge is 0.314 e. The van der Waals surface area contributed by atoms with Gasteiger partial charge in [-0.25, -0.2) is 0 Å². The molecule has 1 saturated heterocycles. The fourth-order valence-corrected chi connectivity index (χ4v) is 2.93. The quantitative estimate of drug-likeness (QED) is 0.703. The van der Waals surface area contributed by atoms with Gasteiger partial charge in [-0.1, -0.05) is 13.3 Å². The number of rotatable bonds is 6. The van der Waals surface area contributed by atoms with Crippen LogP contribution in [-0.2, 0) is 0 Å². The monoisotopic (exact) mass is 210 g/mol. The van der Waals surface area contributed by atoms with Gasteiger partial charge in [-0.2, -0.15) is 0 Å². The van der Waals surface area contributed by atoms with Crippen molar-refractivity contribution in [3.05, 3.63) is 0 Å². The molecule has 1 aliphatic heterocycles. The average Bonchev–Trinajstić information content (AvgIpc) is 2.81. The van der Waals surface area contributed by atoms with Gasteiger partial charge in [0.2, 0.25) is 0 Å². The highest BCUT2D eigenvalue weighted by Crippen LogP contribution is 2.48. The summed E-state index contributed by atoms with van der Waals surface area (Å²) in [6.45, 7) is 8.27. The third-order valence-electron chi connectivity index (χ3n) is 4.21. The summed E-state index contributed by atoms with van der Waals surface area (Å²) in [7, 11) is 0. The van der Waals surface area contributed by atoms with Crippen LogP contribution in [0.15, 0.2) is 0 Å². The maximum atomic E-state index is 3.69. The lowest BCUT2D eigenvalue weighted by Crippen LogP contribution is -2.46. The minimum Gasteiger partial charge on any atom is -0.314 e. The number of hydrogen-bond acceptors (Lipinski definition) is 2. The van der Waals surface area contributed by atoms with Gasteiger partial charge in [0.1, 0.15) is 0 Å². The van der Waals surface area contributed by atoms with Gasteiger partial charge in [0, 0.05) is 18.6 Å². The second kappa shape index (κ2) is 4.42. The van der Waals surface area contributed by atoms with E-state index >= 15 is 0 Å². The molecule has 2 fully saturated rings. The molecule has 0 bridgehead atoms. The zero-order valence-corrected chi connectivity index (χ0v) is 10.4. The molecule has 15 heavy (non-hydrogen) atoms. The molecular formula is C13H26N2. The van der Waals surface area contributed by atoms with Gasteiger partial charge in [-0.3, -0.25) is 0 Å². The maximum Gasteiger partial charge on any atom is 0.0278 e. The fraction of sp³-hybridized carbons (Fsp3) is 1.00. The predicted octanol–water partition coefficient (Wildman–Crippen LogP) is 2.30. The highest BCUT2D eigenvalue weighted by Gasteiger charge is 2.41. The van der Waals surface area contributed by atoms with E-state index in [0.29, 0.717) is 11.0 Å². The topological polar surface area (TPSA) is 24.1 Å². The molecule has 2 heteroatoms. The van der Waals surface area contributed by atoms with E-state index in [4.69, 9.17) is 0 Å². The normalized spacial score (nSPS) is 33.2. The Morgan fingerprint density at radius 3 is 2.53 bits per heavy atom. The van der Waals surface area contributed by atoms with Crippen molar-refractivity contribution in [2.24, 2.45) is 5.41 Å². The van der Waals surface area contributed by atoms with E-state index in [-0.39, 0.29) is 0 Å². The summed E-state index contributed by atoms with van der Waals surface area (Å²) in [6, 6.07) is 0. The average molecular weight is 210 g/mol. The molecule has 1 heterocycles. The van der Waals surface area contributed by atoms with Crippen LogP contribution in [0.4, 0.5) is 0 Å². The van der Waals surface area contributed by atoms with Crippen molar-refractivity contribution >= 4 is 0 Å². The van der Waals surface area contributed by atoms with Crippen molar-refractivity contribution in [2.45, 2.75) is 57.9 Å². The Morgan fingerprint density at radius 1 is 1.20 bits per heavy atom. The van der Waals surface area contributed by atoms with Gasteiger partial charge >= 0.3 is 0 Å². The Morgan fingerprint density at radius 2 is 2.00 bits per heavy atom. The first-order valence-electron chi connectivity index (χ1n) is 6.64. The SMILES string of the molecule is CCCC1(CNCC2(C)CCCN2)CC1. The highest BCUT2D eigenvalue weighted by atomic mass is 15.1. The van der Waals surface area contributed by atoms with Crippen LogP contribution in [-0.4, -0.2) is 25.2 Å². The molecule has 2 rings (SSSR count). The van der Waals surface area contributed by atoms with Gasteiger partial charge in [0.05, 0.1) is 0 Å². The number of nitrogens with one attached hydrogen (secondary N) is 2. The number of hydrogen-bond donors (Lipinski definition) is 2. The minimum atomic E-state index is 0.377. The molecular weight excluding hydrogens is 184 g/mol. The molecule has 0 spiro atoms. The third kappa shape index (κ3) is 2.94. The van der Waals surface area contributed by atoms with Crippen molar-refractivity contribution in [3.8, 4) is 0 Å². The van der Waals surface area contributed by atoms with Gasteiger partial charge in [0.25, 0.3) is 0 Å². The van der Waals surface area contributed by atoms with E-state index in [0.717, 1.165) is 6.54 Å². The van der Waals surface area contributed by atoms with E-state index < -0.39 is 0 Å². The molecule has 2 aliphatic rings. The minimum absolute atomic E-state index is 0.377. The van der Waals surface area contributed by atoms with E-state index in [2.05, 4.69) is 24.5 Å². The maximum absolute atomic E-state index is 3.69. The summed E-state index contributed by atoms with van der Waals surface area (Å²) in [5, 5.41) is 7.30. The molecule has 0 radical (unpaired) electrons. The molecule has 0 aromatic heterocycles. The van der Waals surface area contributed by atoms with Gasteiger partial charge in [0.15, 0.2) is 0 Å². The van der Waals surface area contributed by atoms with E-state index in [1.54, 1.807) is 0 Å². The molecule has 1 unspecified atom stereocenters. The second-order valence-electron chi connectivity index (χ2n) is 5.94. The van der Waals surface area contributed by atoms with E-state index in [1.807, 2.05) is 0 Å². The second-order valence-corrected chi connectivity index (χ2v) is 5.94. The summed E-state index contributed by atoms with van der Waals surface area (Å²) < 4.78 is 0. The van der Waals surface area contributed by atoms with E-state index in [1.165, 1.54) is 51.6 Å². The van der Waals surface area contributed by atoms with Crippen LogP contribution in [0.2, 0.25) is 0 Å². The van der Waals surface area contributed by atoms with Crippen molar-refractivity contribution in [1.82, 2.24) is 10.6 Å². The fourth-order valence-electron chi connectivity index (χ4n) is 2.93. The van der Waals surface area contributed by atoms with Crippen molar-refractivity contribution in [1.29, 1.82) is 0 Å². The third-order valence-corrected chi connectivity index (χ3v) is 4.21. The molecule has 1 aliphatic carbocycles. The van der Waals surface area contributed by atoms with Crippen molar-refractivity contribution in [3.63, 3.8) is 0 Å². The summed E-state index contributed by atoms with van der Waals surface area (Å²) in [5.74, 6) is 0. The van der Waals surface area contributed by atoms with Crippen molar-refractivity contribution < 1.29 is 0 Å². The van der Waals surface area contributed by atoms with Crippen molar-refractivity contribution in [2.75, 3.05) is 19.6 Å². The zero-order chi connectivity index (χ0) is 10.8. The summed E-state index contributed by atoms with van der Waals surface area (Å²) in [6.07, 6.45) is 8.36. The van der Waals surface area contributed by atoms with Crippen LogP contribution in [0.3, 0.4) is 0 Å². The lowest BCUT2D eigenvalue weighted by Gasteiger charge is -2.26. The summed E-state index contributed by atoms with van der Waals surface area (Å²) in [5.41, 5.74) is 1.08. The van der Waals surface area contributed by atoms with Crippen LogP contribution in [0.25, 0.3) is 0 Å². The standard InChI is InChI=1S/C13H26N2/c1-3-5-13(7-8-13)11-14-10-12(2)6-4-9-15-12/h14-15H,3-11H2,1-2H3. The van der Waals surface area contributed by atoms with Crippen LogP contribution < -0.4 is 10.6 Å². The molecule has 0 aromatic rings. The Balaban J connectivity index is 1.66. The smallest absolute Gasteiger partial charge is 0.0278 e. The molecule has 1 atom stereocenters. The van der Waals surface area contributed by atoms with Crippen LogP contribution in [0.1, 0.15) is 52.4 Å². The summed E-state index contributed by atoms with van der Waals surface area (Å²) in [4.78, 5) is 0. The Hall–Kier alpha value is -0.0800. The Kier molecular flexibility index (Phi) is 3.36. The molecule has 88 valence electrons. The first-order valence-corrected chi connectivity index (χ1v) is 6.64. The zero-order valence-electron chi connectivity index (χ0n) is 10.4. The first kappa shape index (κ1) is 11.4. The molecule has 0 aromatic carbocycles. The van der Waals surface area contributed by atoms with Crippen LogP contribution in [0.5, 0.6) is 0 Å². The van der Waals surface area contributed by atoms with Gasteiger partial charge in [-0.15, -0.1) is 0 Å². The van der Waals surface area contributed by atoms with E-state index in [9.17, 15) is 0 Å². The van der Waals surface area contributed by atoms with Gasteiger partial charge < -0.3 is 10.6 Å².